The minimum atomic E-state index is -1.05. The normalized spacial score (nSPS) is 26.6. The number of carboxylic acids is 1. The second-order valence-electron chi connectivity index (χ2n) is 5.11. The van der Waals surface area contributed by atoms with Crippen molar-refractivity contribution < 1.29 is 14.7 Å². The summed E-state index contributed by atoms with van der Waals surface area (Å²) in [5.74, 6) is 1.08. The lowest BCUT2D eigenvalue weighted by Crippen LogP contribution is -2.59. The summed E-state index contributed by atoms with van der Waals surface area (Å²) in [6.45, 7) is 0. The number of hydrogen-bond donors (Lipinski definition) is 3. The molecule has 5 nitrogen and oxygen atoms in total. The van der Waals surface area contributed by atoms with E-state index in [1.165, 1.54) is 0 Å². The largest absolute Gasteiger partial charge is 0.480 e. The van der Waals surface area contributed by atoms with E-state index in [0.717, 1.165) is 37.2 Å². The predicted molar refractivity (Wildman–Crippen MR) is 70.8 cm³/mol. The summed E-state index contributed by atoms with van der Waals surface area (Å²) < 4.78 is 0. The smallest absolute Gasteiger partial charge is 0.329 e. The minimum Gasteiger partial charge on any atom is -0.480 e. The number of thioether (sulfide) groups is 1. The van der Waals surface area contributed by atoms with Gasteiger partial charge in [0.25, 0.3) is 0 Å². The van der Waals surface area contributed by atoms with Crippen molar-refractivity contribution in [2.45, 2.75) is 50.1 Å². The predicted octanol–water partition coefficient (Wildman–Crippen LogP) is 1.58. The number of aliphatic carboxylic acids is 1. The topological polar surface area (TPSA) is 78.4 Å². The van der Waals surface area contributed by atoms with E-state index in [0.29, 0.717) is 12.8 Å². The first kappa shape index (κ1) is 13.5. The van der Waals surface area contributed by atoms with Crippen LogP contribution in [0.1, 0.15) is 38.5 Å². The molecule has 0 radical (unpaired) electrons. The lowest BCUT2D eigenvalue weighted by atomic mass is 9.82. The molecule has 0 bridgehead atoms. The summed E-state index contributed by atoms with van der Waals surface area (Å²) in [6.07, 6.45) is 4.83. The molecule has 6 heteroatoms. The summed E-state index contributed by atoms with van der Waals surface area (Å²) >= 11 is 1.82. The van der Waals surface area contributed by atoms with Crippen molar-refractivity contribution in [3.8, 4) is 0 Å². The lowest BCUT2D eigenvalue weighted by molar-refractivity contribution is -0.145. The van der Waals surface area contributed by atoms with Gasteiger partial charge >= 0.3 is 12.0 Å². The second-order valence-corrected chi connectivity index (χ2v) is 6.26. The summed E-state index contributed by atoms with van der Waals surface area (Å²) in [5, 5.41) is 14.9. The fourth-order valence-corrected chi connectivity index (χ4v) is 3.79. The van der Waals surface area contributed by atoms with Crippen LogP contribution in [0.2, 0.25) is 0 Å². The molecule has 2 rings (SSSR count). The molecule has 0 aromatic carbocycles. The van der Waals surface area contributed by atoms with Crippen LogP contribution in [-0.2, 0) is 4.79 Å². The molecule has 1 atom stereocenters. The first-order valence-corrected chi connectivity index (χ1v) is 7.68. The average molecular weight is 272 g/mol. The van der Waals surface area contributed by atoms with E-state index < -0.39 is 11.5 Å². The summed E-state index contributed by atoms with van der Waals surface area (Å²) in [7, 11) is 0. The third kappa shape index (κ3) is 3.10. The van der Waals surface area contributed by atoms with Crippen LogP contribution in [-0.4, -0.2) is 40.2 Å². The number of urea groups is 1. The van der Waals surface area contributed by atoms with Gasteiger partial charge in [0.2, 0.25) is 0 Å². The van der Waals surface area contributed by atoms with Crippen molar-refractivity contribution in [1.29, 1.82) is 0 Å². The third-order valence-electron chi connectivity index (χ3n) is 3.73. The molecule has 1 unspecified atom stereocenters. The van der Waals surface area contributed by atoms with Gasteiger partial charge in [-0.05, 0) is 25.0 Å². The zero-order valence-electron chi connectivity index (χ0n) is 10.4. The molecule has 0 aromatic heterocycles. The van der Waals surface area contributed by atoms with Crippen LogP contribution in [0.25, 0.3) is 0 Å². The molecule has 0 aromatic rings. The molecule has 1 saturated heterocycles. The molecule has 1 saturated carbocycles. The summed E-state index contributed by atoms with van der Waals surface area (Å²) in [4.78, 5) is 23.3. The van der Waals surface area contributed by atoms with E-state index in [9.17, 15) is 14.7 Å². The Morgan fingerprint density at radius 2 is 1.94 bits per heavy atom. The van der Waals surface area contributed by atoms with Crippen molar-refractivity contribution in [2.75, 3.05) is 11.5 Å². The number of carbonyl (C=O) groups excluding carboxylic acids is 1. The fourth-order valence-electron chi connectivity index (χ4n) is 2.63. The Bertz CT molecular complexity index is 323. The van der Waals surface area contributed by atoms with Crippen molar-refractivity contribution in [1.82, 2.24) is 10.6 Å². The van der Waals surface area contributed by atoms with Gasteiger partial charge in [0.15, 0.2) is 0 Å². The zero-order valence-corrected chi connectivity index (χ0v) is 11.2. The average Bonchev–Trinajstić information content (AvgIpc) is 2.82. The molecule has 2 fully saturated rings. The Morgan fingerprint density at radius 3 is 2.50 bits per heavy atom. The van der Waals surface area contributed by atoms with Gasteiger partial charge in [0, 0.05) is 11.8 Å². The van der Waals surface area contributed by atoms with Crippen LogP contribution in [0, 0.1) is 0 Å². The number of hydrogen-bond acceptors (Lipinski definition) is 3. The van der Waals surface area contributed by atoms with E-state index in [1.807, 2.05) is 11.8 Å². The highest BCUT2D eigenvalue weighted by molar-refractivity contribution is 7.99. The van der Waals surface area contributed by atoms with Gasteiger partial charge in [-0.25, -0.2) is 9.59 Å². The number of carbonyl (C=O) groups is 2. The van der Waals surface area contributed by atoms with Crippen LogP contribution < -0.4 is 10.6 Å². The minimum absolute atomic E-state index is 0.185. The Labute approximate surface area is 111 Å². The number of nitrogens with one attached hydrogen (secondary N) is 2. The van der Waals surface area contributed by atoms with E-state index >= 15 is 0 Å². The lowest BCUT2D eigenvalue weighted by Gasteiger charge is -2.34. The van der Waals surface area contributed by atoms with Crippen LogP contribution >= 0.6 is 11.8 Å². The highest BCUT2D eigenvalue weighted by Crippen LogP contribution is 2.28. The summed E-state index contributed by atoms with van der Waals surface area (Å²) in [6, 6.07) is -0.142. The molecule has 2 aliphatic rings. The van der Waals surface area contributed by atoms with E-state index in [2.05, 4.69) is 10.6 Å². The van der Waals surface area contributed by atoms with Gasteiger partial charge in [0.05, 0.1) is 0 Å². The van der Waals surface area contributed by atoms with E-state index in [4.69, 9.17) is 0 Å². The molecular weight excluding hydrogens is 252 g/mol. The fraction of sp³-hybridized carbons (Fsp3) is 0.833. The van der Waals surface area contributed by atoms with E-state index in [-0.39, 0.29) is 12.1 Å². The van der Waals surface area contributed by atoms with Gasteiger partial charge in [-0.15, -0.1) is 0 Å². The Hall–Kier alpha value is -0.910. The Balaban J connectivity index is 1.91. The Morgan fingerprint density at radius 1 is 1.22 bits per heavy atom. The molecule has 1 heterocycles. The number of amides is 2. The first-order chi connectivity index (χ1) is 8.62. The number of carboxylic acid groups (broad SMARTS) is 1. The van der Waals surface area contributed by atoms with Crippen LogP contribution in [0.5, 0.6) is 0 Å². The van der Waals surface area contributed by atoms with E-state index in [1.54, 1.807) is 0 Å². The van der Waals surface area contributed by atoms with Crippen LogP contribution in [0.15, 0.2) is 0 Å². The van der Waals surface area contributed by atoms with Gasteiger partial charge in [-0.3, -0.25) is 0 Å². The SMILES string of the molecule is O=C(NC1CCSC1)NC1(C(=O)O)CCCCC1. The van der Waals surface area contributed by atoms with Gasteiger partial charge in [-0.1, -0.05) is 19.3 Å². The zero-order chi connectivity index (χ0) is 13.0. The third-order valence-corrected chi connectivity index (χ3v) is 4.90. The van der Waals surface area contributed by atoms with Crippen molar-refractivity contribution in [2.24, 2.45) is 0 Å². The monoisotopic (exact) mass is 272 g/mol. The van der Waals surface area contributed by atoms with Gasteiger partial charge in [0.1, 0.15) is 5.54 Å². The highest BCUT2D eigenvalue weighted by atomic mass is 32.2. The van der Waals surface area contributed by atoms with Crippen molar-refractivity contribution in [3.05, 3.63) is 0 Å². The molecule has 1 aliphatic carbocycles. The summed E-state index contributed by atoms with van der Waals surface area (Å²) in [5.41, 5.74) is -1.05. The van der Waals surface area contributed by atoms with Gasteiger partial charge in [-0.2, -0.15) is 11.8 Å². The Kier molecular flexibility index (Phi) is 4.37. The second kappa shape index (κ2) is 5.82. The number of rotatable bonds is 3. The van der Waals surface area contributed by atoms with Crippen LogP contribution in [0.3, 0.4) is 0 Å². The maximum atomic E-state index is 11.9. The molecule has 18 heavy (non-hydrogen) atoms. The first-order valence-electron chi connectivity index (χ1n) is 6.52. The van der Waals surface area contributed by atoms with Gasteiger partial charge < -0.3 is 15.7 Å². The maximum absolute atomic E-state index is 11.9. The van der Waals surface area contributed by atoms with Crippen molar-refractivity contribution in [3.63, 3.8) is 0 Å². The quantitative estimate of drug-likeness (QED) is 0.729. The molecule has 2 amide bonds. The molecule has 102 valence electrons. The molecule has 3 N–H and O–H groups in total. The maximum Gasteiger partial charge on any atom is 0.329 e. The van der Waals surface area contributed by atoms with Crippen LogP contribution in [0.4, 0.5) is 4.79 Å². The standard InChI is InChI=1S/C12H20N2O3S/c15-10(16)12(5-2-1-3-6-12)14-11(17)13-9-4-7-18-8-9/h9H,1-8H2,(H,15,16)(H2,13,14,17). The molecule has 0 spiro atoms. The van der Waals surface area contributed by atoms with Crippen molar-refractivity contribution >= 4 is 23.8 Å². The molecule has 1 aliphatic heterocycles. The molecular formula is C12H20N2O3S. The highest BCUT2D eigenvalue weighted by Gasteiger charge is 2.41.